The van der Waals surface area contributed by atoms with E-state index in [2.05, 4.69) is 154 Å². The molecule has 0 radical (unpaired) electrons. The highest BCUT2D eigenvalue weighted by Crippen LogP contribution is 2.15. The zero-order chi connectivity index (χ0) is 59.9. The molecule has 472 valence electrons. The minimum atomic E-state index is -0.797. The van der Waals surface area contributed by atoms with Crippen molar-refractivity contribution in [1.29, 1.82) is 0 Å². The molecule has 0 N–H and O–H groups in total. The maximum Gasteiger partial charge on any atom is 0.306 e. The second-order valence-corrected chi connectivity index (χ2v) is 22.7. The average Bonchev–Trinajstić information content (AvgIpc) is 3.49. The molecule has 0 saturated heterocycles. The molecule has 0 fully saturated rings. The summed E-state index contributed by atoms with van der Waals surface area (Å²) < 4.78 is 16.9. The van der Waals surface area contributed by atoms with Crippen LogP contribution < -0.4 is 0 Å². The van der Waals surface area contributed by atoms with Gasteiger partial charge in [0.05, 0.1) is 0 Å². The maximum atomic E-state index is 12.9. The molecule has 83 heavy (non-hydrogen) atoms. The van der Waals surface area contributed by atoms with Gasteiger partial charge in [0.1, 0.15) is 13.2 Å². The second-order valence-electron chi connectivity index (χ2n) is 22.7. The Morgan fingerprint density at radius 1 is 0.253 bits per heavy atom. The van der Waals surface area contributed by atoms with Gasteiger partial charge < -0.3 is 14.2 Å². The van der Waals surface area contributed by atoms with Crippen molar-refractivity contribution < 1.29 is 28.6 Å². The molecule has 0 aromatic rings. The molecule has 0 aromatic heterocycles. The van der Waals surface area contributed by atoms with Crippen molar-refractivity contribution in [1.82, 2.24) is 0 Å². The summed E-state index contributed by atoms with van der Waals surface area (Å²) in [6.45, 7) is 6.51. The molecule has 0 saturated carbocycles. The summed E-state index contributed by atoms with van der Waals surface area (Å²) in [6.07, 6.45) is 98.9. The van der Waals surface area contributed by atoms with Crippen LogP contribution in [0.2, 0.25) is 0 Å². The van der Waals surface area contributed by atoms with Crippen LogP contribution in [-0.4, -0.2) is 37.2 Å². The third-order valence-corrected chi connectivity index (χ3v) is 14.6. The molecule has 0 amide bonds. The Labute approximate surface area is 513 Å². The van der Waals surface area contributed by atoms with Crippen LogP contribution in [0.5, 0.6) is 0 Å². The number of carbonyl (C=O) groups excluding carboxylic acids is 3. The fourth-order valence-corrected chi connectivity index (χ4v) is 9.43. The molecule has 0 aliphatic carbocycles. The zero-order valence-corrected chi connectivity index (χ0v) is 54.2. The van der Waals surface area contributed by atoms with E-state index < -0.39 is 6.10 Å². The van der Waals surface area contributed by atoms with Crippen molar-refractivity contribution in [2.45, 2.75) is 322 Å². The summed E-state index contributed by atoms with van der Waals surface area (Å²) in [5, 5.41) is 0. The lowest BCUT2D eigenvalue weighted by Gasteiger charge is -2.18. The van der Waals surface area contributed by atoms with Gasteiger partial charge in [-0.2, -0.15) is 0 Å². The fraction of sp³-hybridized carbons (Fsp3) is 0.675. The molecule has 0 aliphatic rings. The average molecular weight is 1150 g/mol. The van der Waals surface area contributed by atoms with Gasteiger partial charge in [0.25, 0.3) is 0 Å². The first-order valence-electron chi connectivity index (χ1n) is 34.7. The molecule has 0 rings (SSSR count). The van der Waals surface area contributed by atoms with E-state index in [1.54, 1.807) is 0 Å². The molecule has 0 heterocycles. The van der Waals surface area contributed by atoms with Crippen LogP contribution in [0.4, 0.5) is 0 Å². The van der Waals surface area contributed by atoms with Crippen LogP contribution in [0.15, 0.2) is 134 Å². The summed E-state index contributed by atoms with van der Waals surface area (Å²) in [4.78, 5) is 38.4. The minimum absolute atomic E-state index is 0.0918. The summed E-state index contributed by atoms with van der Waals surface area (Å²) in [5.74, 6) is -0.917. The first-order chi connectivity index (χ1) is 41.0. The summed E-state index contributed by atoms with van der Waals surface area (Å²) in [7, 11) is 0. The largest absolute Gasteiger partial charge is 0.462 e. The predicted octanol–water partition coefficient (Wildman–Crippen LogP) is 24.1. The molecule has 0 bridgehead atoms. The molecule has 1 unspecified atom stereocenters. The highest BCUT2D eigenvalue weighted by molar-refractivity contribution is 5.71. The van der Waals surface area contributed by atoms with E-state index in [4.69, 9.17) is 14.2 Å². The van der Waals surface area contributed by atoms with Crippen molar-refractivity contribution in [2.24, 2.45) is 0 Å². The SMILES string of the molecule is CC/C=C\C/C=C\C/C=C\C/C=C\C/C=C\C/C=C\C/C=C\C/C=C\C/C=C\CCCCCCCC(=O)OCC(COC(=O)CCCCCCC/C=C\CCCCCCC)OC(=O)CCCCCCCCC/C=C\CCCCCCCCC. The van der Waals surface area contributed by atoms with Gasteiger partial charge >= 0.3 is 17.9 Å². The van der Waals surface area contributed by atoms with E-state index in [1.165, 1.54) is 135 Å². The number of allylic oxidation sites excluding steroid dienone is 22. The molecule has 0 aromatic carbocycles. The Bertz CT molecular complexity index is 1750. The quantitative estimate of drug-likeness (QED) is 0.0261. The van der Waals surface area contributed by atoms with Gasteiger partial charge in [-0.25, -0.2) is 0 Å². The Hall–Kier alpha value is -4.45. The number of rotatable bonds is 62. The van der Waals surface area contributed by atoms with Crippen molar-refractivity contribution in [3.63, 3.8) is 0 Å². The highest BCUT2D eigenvalue weighted by atomic mass is 16.6. The van der Waals surface area contributed by atoms with Crippen molar-refractivity contribution in [2.75, 3.05) is 13.2 Å². The Balaban J connectivity index is 4.36. The second kappa shape index (κ2) is 70.0. The lowest BCUT2D eigenvalue weighted by atomic mass is 10.1. The van der Waals surface area contributed by atoms with Crippen LogP contribution >= 0.6 is 0 Å². The molecule has 6 nitrogen and oxygen atoms in total. The van der Waals surface area contributed by atoms with Crippen LogP contribution in [-0.2, 0) is 28.6 Å². The number of unbranched alkanes of at least 4 members (excludes halogenated alkanes) is 29. The fourth-order valence-electron chi connectivity index (χ4n) is 9.43. The Morgan fingerprint density at radius 2 is 0.470 bits per heavy atom. The third kappa shape index (κ3) is 68.2. The lowest BCUT2D eigenvalue weighted by molar-refractivity contribution is -0.167. The van der Waals surface area contributed by atoms with Gasteiger partial charge in [0.2, 0.25) is 0 Å². The highest BCUT2D eigenvalue weighted by Gasteiger charge is 2.19. The normalized spacial score (nSPS) is 13.0. The predicted molar refractivity (Wildman–Crippen MR) is 362 cm³/mol. The van der Waals surface area contributed by atoms with E-state index in [-0.39, 0.29) is 31.1 Å². The lowest BCUT2D eigenvalue weighted by Crippen LogP contribution is -2.30. The van der Waals surface area contributed by atoms with E-state index in [0.717, 1.165) is 141 Å². The molecular formula is C77H128O6. The molecule has 6 heteroatoms. The zero-order valence-electron chi connectivity index (χ0n) is 54.2. The Kier molecular flexibility index (Phi) is 66.3. The van der Waals surface area contributed by atoms with Crippen LogP contribution in [0.25, 0.3) is 0 Å². The van der Waals surface area contributed by atoms with Crippen molar-refractivity contribution in [3.8, 4) is 0 Å². The van der Waals surface area contributed by atoms with Crippen LogP contribution in [0.3, 0.4) is 0 Å². The van der Waals surface area contributed by atoms with Gasteiger partial charge in [-0.3, -0.25) is 14.4 Å². The van der Waals surface area contributed by atoms with Gasteiger partial charge in [-0.15, -0.1) is 0 Å². The molecule has 1 atom stereocenters. The number of hydrogen-bond donors (Lipinski definition) is 0. The van der Waals surface area contributed by atoms with Crippen LogP contribution in [0, 0.1) is 0 Å². The van der Waals surface area contributed by atoms with E-state index >= 15 is 0 Å². The molecule has 0 spiro atoms. The minimum Gasteiger partial charge on any atom is -0.462 e. The van der Waals surface area contributed by atoms with Crippen molar-refractivity contribution in [3.05, 3.63) is 134 Å². The summed E-state index contributed by atoms with van der Waals surface area (Å²) >= 11 is 0. The maximum absolute atomic E-state index is 12.9. The van der Waals surface area contributed by atoms with Gasteiger partial charge in [0.15, 0.2) is 6.10 Å². The summed E-state index contributed by atoms with van der Waals surface area (Å²) in [5.41, 5.74) is 0. The van der Waals surface area contributed by atoms with Gasteiger partial charge in [-0.1, -0.05) is 289 Å². The van der Waals surface area contributed by atoms with E-state index in [1.807, 2.05) is 0 Å². The Morgan fingerprint density at radius 3 is 0.747 bits per heavy atom. The van der Waals surface area contributed by atoms with Crippen molar-refractivity contribution >= 4 is 17.9 Å². The number of hydrogen-bond acceptors (Lipinski definition) is 6. The number of esters is 3. The van der Waals surface area contributed by atoms with E-state index in [0.29, 0.717) is 19.3 Å². The standard InChI is InChI=1S/C77H128O6/c1-4-7-10-13-16-19-22-25-28-30-32-33-34-35-36-37-38-39-40-41-42-43-44-45-46-48-49-52-55-58-61-64-67-70-76(79)82-73-74(72-81-75(78)69-66-63-60-57-54-51-27-24-21-18-15-12-9-6-3)83-77(80)71-68-65-62-59-56-53-50-47-31-29-26-23-20-17-14-11-8-5-2/h7,10,16,19,24-25,27-29,31-33,35-36,38-39,41-42,44-45,48-49,74H,4-6,8-9,11-15,17-18,20-23,26,30,34,37,40,43,46-47,50-73H2,1-3H3/b10-7-,19-16-,27-24-,28-25-,31-29-,33-32-,36-35-,39-38-,42-41-,45-44-,49-48-. The topological polar surface area (TPSA) is 78.9 Å². The van der Waals surface area contributed by atoms with Gasteiger partial charge in [0, 0.05) is 19.3 Å². The van der Waals surface area contributed by atoms with Gasteiger partial charge in [-0.05, 0) is 141 Å². The monoisotopic (exact) mass is 1150 g/mol. The van der Waals surface area contributed by atoms with Crippen LogP contribution in [0.1, 0.15) is 316 Å². The first-order valence-corrected chi connectivity index (χ1v) is 34.7. The molecule has 0 aliphatic heterocycles. The molecular weight excluding hydrogens is 1020 g/mol. The van der Waals surface area contributed by atoms with E-state index in [9.17, 15) is 14.4 Å². The summed E-state index contributed by atoms with van der Waals surface area (Å²) in [6, 6.07) is 0. The smallest absolute Gasteiger partial charge is 0.306 e. The number of ether oxygens (including phenoxy) is 3. The number of carbonyl (C=O) groups is 3. The third-order valence-electron chi connectivity index (χ3n) is 14.6. The first kappa shape index (κ1) is 78.5.